The van der Waals surface area contributed by atoms with E-state index in [0.29, 0.717) is 29.2 Å². The molecule has 0 unspecified atom stereocenters. The average Bonchev–Trinajstić information content (AvgIpc) is 3.38. The normalized spacial score (nSPS) is 25.5. The van der Waals surface area contributed by atoms with Crippen LogP contribution in [-0.4, -0.2) is 74.5 Å². The first kappa shape index (κ1) is 29.2. The van der Waals surface area contributed by atoms with Crippen molar-refractivity contribution in [3.05, 3.63) is 36.0 Å². The number of aliphatic hydroxyl groups excluding tert-OH is 1. The highest BCUT2D eigenvalue weighted by Crippen LogP contribution is 2.37. The first-order valence-electron chi connectivity index (χ1n) is 15.7. The summed E-state index contributed by atoms with van der Waals surface area (Å²) in [6, 6.07) is 4.08. The second kappa shape index (κ2) is 13.6. The maximum Gasteiger partial charge on any atom is 0.224 e. The lowest BCUT2D eigenvalue weighted by atomic mass is 9.86. The smallest absolute Gasteiger partial charge is 0.224 e. The summed E-state index contributed by atoms with van der Waals surface area (Å²) in [4.78, 5) is 16.6. The van der Waals surface area contributed by atoms with Crippen molar-refractivity contribution >= 4 is 28.7 Å². The third-order valence-corrected chi connectivity index (χ3v) is 9.29. The molecule has 9 nitrogen and oxygen atoms in total. The zero-order valence-corrected chi connectivity index (χ0v) is 24.3. The van der Waals surface area contributed by atoms with Gasteiger partial charge in [0, 0.05) is 25.2 Å². The molecule has 42 heavy (non-hydrogen) atoms. The molecule has 1 aliphatic heterocycles. The van der Waals surface area contributed by atoms with Gasteiger partial charge in [0.05, 0.1) is 18.9 Å². The standard InChI is InChI=1S/C31H43F2N7O2/c32-25-5-4-6-26(33)28(25)37-31-36-27-19-34-30(38-29(27)40(31)23-11-7-21(20-41)8-12-23)35-22-9-13-24(14-10-22)42-18-17-39-15-2-1-3-16-39/h4-6,19,21-24,41H,1-3,7-18,20H2,(H,36,37)(H,34,35,38)/t21-,22-,23+,24-. The third kappa shape index (κ3) is 6.84. The molecular formula is C31H43F2N7O2. The number of nitrogens with one attached hydrogen (secondary N) is 2. The van der Waals surface area contributed by atoms with Gasteiger partial charge in [0.25, 0.3) is 0 Å². The fourth-order valence-electron chi connectivity index (χ4n) is 6.80. The third-order valence-electron chi connectivity index (χ3n) is 9.29. The number of halogens is 2. The van der Waals surface area contributed by atoms with Crippen LogP contribution < -0.4 is 10.6 Å². The zero-order valence-electron chi connectivity index (χ0n) is 24.3. The predicted octanol–water partition coefficient (Wildman–Crippen LogP) is 5.80. The van der Waals surface area contributed by atoms with Gasteiger partial charge in [-0.2, -0.15) is 4.98 Å². The molecule has 0 atom stereocenters. The Bertz CT molecular complexity index is 1300. The Morgan fingerprint density at radius 1 is 0.929 bits per heavy atom. The minimum absolute atomic E-state index is 0.0374. The van der Waals surface area contributed by atoms with Crippen LogP contribution in [0.5, 0.6) is 0 Å². The Hall–Kier alpha value is -2.89. The van der Waals surface area contributed by atoms with Crippen molar-refractivity contribution in [1.29, 1.82) is 0 Å². The molecule has 3 N–H and O–H groups in total. The molecule has 6 rings (SSSR count). The quantitative estimate of drug-likeness (QED) is 0.276. The van der Waals surface area contributed by atoms with Gasteiger partial charge >= 0.3 is 0 Å². The van der Waals surface area contributed by atoms with E-state index in [1.165, 1.54) is 50.6 Å². The summed E-state index contributed by atoms with van der Waals surface area (Å²) in [5.41, 5.74) is 0.961. The van der Waals surface area contributed by atoms with E-state index in [4.69, 9.17) is 9.72 Å². The summed E-state index contributed by atoms with van der Waals surface area (Å²) < 4.78 is 37.3. The molecule has 0 bridgehead atoms. The summed E-state index contributed by atoms with van der Waals surface area (Å²) in [5, 5.41) is 16.1. The Kier molecular flexibility index (Phi) is 9.46. The van der Waals surface area contributed by atoms with Crippen molar-refractivity contribution in [2.75, 3.05) is 43.5 Å². The van der Waals surface area contributed by atoms with E-state index in [0.717, 1.165) is 64.5 Å². The van der Waals surface area contributed by atoms with Crippen molar-refractivity contribution in [2.24, 2.45) is 5.92 Å². The molecular weight excluding hydrogens is 540 g/mol. The largest absolute Gasteiger partial charge is 0.396 e. The van der Waals surface area contributed by atoms with Crippen molar-refractivity contribution in [1.82, 2.24) is 24.4 Å². The van der Waals surface area contributed by atoms with Crippen molar-refractivity contribution in [2.45, 2.75) is 88.8 Å². The second-order valence-electron chi connectivity index (χ2n) is 12.2. The fourth-order valence-corrected chi connectivity index (χ4v) is 6.80. The van der Waals surface area contributed by atoms with Crippen LogP contribution in [0.1, 0.15) is 76.7 Å². The predicted molar refractivity (Wildman–Crippen MR) is 159 cm³/mol. The van der Waals surface area contributed by atoms with E-state index < -0.39 is 11.6 Å². The number of para-hydroxylation sites is 1. The lowest BCUT2D eigenvalue weighted by Gasteiger charge is -2.31. The monoisotopic (exact) mass is 583 g/mol. The van der Waals surface area contributed by atoms with Crippen LogP contribution in [0, 0.1) is 17.6 Å². The molecule has 1 aromatic carbocycles. The molecule has 3 aliphatic rings. The first-order chi connectivity index (χ1) is 20.6. The van der Waals surface area contributed by atoms with Crippen LogP contribution in [0.4, 0.5) is 26.4 Å². The van der Waals surface area contributed by atoms with Gasteiger partial charge in [-0.05, 0) is 95.3 Å². The Labute approximate surface area is 246 Å². The number of likely N-dealkylation sites (tertiary alicyclic amines) is 1. The first-order valence-corrected chi connectivity index (χ1v) is 15.7. The van der Waals surface area contributed by atoms with E-state index in [9.17, 15) is 13.9 Å². The number of aliphatic hydroxyl groups is 1. The molecule has 3 aromatic rings. The Morgan fingerprint density at radius 2 is 1.67 bits per heavy atom. The molecule has 2 aromatic heterocycles. The van der Waals surface area contributed by atoms with Crippen LogP contribution in [0.25, 0.3) is 11.2 Å². The fraction of sp³-hybridized carbons (Fsp3) is 0.645. The summed E-state index contributed by atoms with van der Waals surface area (Å²) >= 11 is 0. The number of nitrogens with zero attached hydrogens (tertiary/aromatic N) is 5. The number of anilines is 3. The summed E-state index contributed by atoms with van der Waals surface area (Å²) in [5.74, 6) is -0.220. The van der Waals surface area contributed by atoms with E-state index >= 15 is 0 Å². The SMILES string of the molecule is OC[C@H]1CC[C@@H](n2c(Nc3c(F)cccc3F)nc3cnc(N[C@H]4CC[C@H](OCCN5CCCCC5)CC4)nc32)CC1. The Balaban J connectivity index is 1.14. The minimum atomic E-state index is -0.683. The second-order valence-corrected chi connectivity index (χ2v) is 12.2. The number of hydrogen-bond acceptors (Lipinski definition) is 8. The number of imidazole rings is 1. The number of piperidine rings is 1. The molecule has 0 radical (unpaired) electrons. The van der Waals surface area contributed by atoms with Crippen LogP contribution >= 0.6 is 0 Å². The molecule has 3 fully saturated rings. The summed E-state index contributed by atoms with van der Waals surface area (Å²) in [7, 11) is 0. The minimum Gasteiger partial charge on any atom is -0.396 e. The van der Waals surface area contributed by atoms with Crippen molar-refractivity contribution in [3.8, 4) is 0 Å². The maximum atomic E-state index is 14.6. The number of fused-ring (bicyclic) bond motifs is 1. The van der Waals surface area contributed by atoms with Gasteiger partial charge < -0.3 is 25.4 Å². The molecule has 228 valence electrons. The van der Waals surface area contributed by atoms with Gasteiger partial charge in [0.2, 0.25) is 11.9 Å². The molecule has 3 heterocycles. The molecule has 2 aliphatic carbocycles. The van der Waals surface area contributed by atoms with Gasteiger partial charge in [-0.15, -0.1) is 0 Å². The summed E-state index contributed by atoms with van der Waals surface area (Å²) in [6.07, 6.45) is 13.3. The number of benzene rings is 1. The van der Waals surface area contributed by atoms with Crippen LogP contribution in [-0.2, 0) is 4.74 Å². The van der Waals surface area contributed by atoms with Crippen LogP contribution in [0.15, 0.2) is 24.4 Å². The van der Waals surface area contributed by atoms with Crippen LogP contribution in [0.3, 0.4) is 0 Å². The Morgan fingerprint density at radius 3 is 2.38 bits per heavy atom. The highest BCUT2D eigenvalue weighted by molar-refractivity contribution is 5.76. The van der Waals surface area contributed by atoms with E-state index in [2.05, 4.69) is 25.5 Å². The van der Waals surface area contributed by atoms with Gasteiger partial charge in [-0.3, -0.25) is 4.57 Å². The van der Waals surface area contributed by atoms with Gasteiger partial charge in [-0.25, -0.2) is 18.7 Å². The highest BCUT2D eigenvalue weighted by atomic mass is 19.1. The molecule has 1 saturated heterocycles. The van der Waals surface area contributed by atoms with Crippen molar-refractivity contribution < 1.29 is 18.6 Å². The highest BCUT2D eigenvalue weighted by Gasteiger charge is 2.28. The van der Waals surface area contributed by atoms with Gasteiger partial charge in [-0.1, -0.05) is 12.5 Å². The lowest BCUT2D eigenvalue weighted by Crippen LogP contribution is -2.35. The zero-order chi connectivity index (χ0) is 28.9. The molecule has 0 amide bonds. The van der Waals surface area contributed by atoms with Crippen LogP contribution in [0.2, 0.25) is 0 Å². The van der Waals surface area contributed by atoms with E-state index in [1.54, 1.807) is 6.20 Å². The number of hydrogen-bond donors (Lipinski definition) is 3. The number of aromatic nitrogens is 4. The number of ether oxygens (including phenoxy) is 1. The van der Waals surface area contributed by atoms with E-state index in [-0.39, 0.29) is 30.3 Å². The topological polar surface area (TPSA) is 100 Å². The van der Waals surface area contributed by atoms with Gasteiger partial charge in [0.1, 0.15) is 22.8 Å². The lowest BCUT2D eigenvalue weighted by molar-refractivity contribution is 0.0123. The van der Waals surface area contributed by atoms with Crippen molar-refractivity contribution in [3.63, 3.8) is 0 Å². The average molecular weight is 584 g/mol. The molecule has 11 heteroatoms. The van der Waals surface area contributed by atoms with E-state index in [1.807, 2.05) is 4.57 Å². The maximum absolute atomic E-state index is 14.6. The van der Waals surface area contributed by atoms with Gasteiger partial charge in [0.15, 0.2) is 5.65 Å². The number of rotatable bonds is 10. The molecule has 0 spiro atoms. The molecule has 2 saturated carbocycles. The summed E-state index contributed by atoms with van der Waals surface area (Å²) in [6.45, 7) is 4.40.